The molecule has 138 valence electrons. The lowest BCUT2D eigenvalue weighted by atomic mass is 9.97. The van der Waals surface area contributed by atoms with Gasteiger partial charge in [-0.1, -0.05) is 0 Å². The van der Waals surface area contributed by atoms with Gasteiger partial charge in [-0.05, 0) is 57.5 Å². The van der Waals surface area contributed by atoms with Gasteiger partial charge >= 0.3 is 6.03 Å². The van der Waals surface area contributed by atoms with Gasteiger partial charge in [0.25, 0.3) is 0 Å². The van der Waals surface area contributed by atoms with Crippen LogP contribution in [0.15, 0.2) is 0 Å². The first-order valence-corrected chi connectivity index (χ1v) is 9.26. The summed E-state index contributed by atoms with van der Waals surface area (Å²) in [5.74, 6) is 0.807. The average molecular weight is 359 g/mol. The van der Waals surface area contributed by atoms with Crippen LogP contribution in [0.1, 0.15) is 38.5 Å². The molecule has 3 saturated heterocycles. The zero-order valence-corrected chi connectivity index (χ0v) is 15.3. The van der Waals surface area contributed by atoms with E-state index in [9.17, 15) is 9.59 Å². The highest BCUT2D eigenvalue weighted by atomic mass is 35.5. The Morgan fingerprint density at radius 2 is 1.79 bits per heavy atom. The lowest BCUT2D eigenvalue weighted by Gasteiger charge is -2.34. The number of carbonyl (C=O) groups is 2. The van der Waals surface area contributed by atoms with Crippen LogP contribution >= 0.6 is 12.4 Å². The molecule has 0 aliphatic carbocycles. The normalized spacial score (nSPS) is 27.0. The van der Waals surface area contributed by atoms with Gasteiger partial charge in [0.2, 0.25) is 5.91 Å². The standard InChI is InChI=1S/C17H30N4O2.ClH/c22-16(19-8-6-14-5-7-18-12-14)15-4-3-11-21(13-15)17(23)20-9-1-2-10-20;/h14-15,18H,1-13H2,(H,19,22);1H. The molecule has 3 aliphatic heterocycles. The second kappa shape index (κ2) is 9.47. The Morgan fingerprint density at radius 1 is 1.04 bits per heavy atom. The summed E-state index contributed by atoms with van der Waals surface area (Å²) in [5.41, 5.74) is 0. The Morgan fingerprint density at radius 3 is 2.50 bits per heavy atom. The summed E-state index contributed by atoms with van der Waals surface area (Å²) in [4.78, 5) is 28.7. The maximum atomic E-state index is 12.5. The van der Waals surface area contributed by atoms with E-state index in [0.29, 0.717) is 12.5 Å². The Labute approximate surface area is 151 Å². The van der Waals surface area contributed by atoms with Gasteiger partial charge in [0.05, 0.1) is 5.92 Å². The first kappa shape index (κ1) is 19.3. The monoisotopic (exact) mass is 358 g/mol. The molecule has 2 unspecified atom stereocenters. The minimum absolute atomic E-state index is 0. The zero-order valence-electron chi connectivity index (χ0n) is 14.5. The number of rotatable bonds is 4. The average Bonchev–Trinajstić information content (AvgIpc) is 3.28. The van der Waals surface area contributed by atoms with Crippen LogP contribution in [0.3, 0.4) is 0 Å². The molecule has 0 spiro atoms. The molecule has 6 nitrogen and oxygen atoms in total. The van der Waals surface area contributed by atoms with Crippen LogP contribution in [-0.2, 0) is 4.79 Å². The maximum absolute atomic E-state index is 12.5. The fourth-order valence-electron chi connectivity index (χ4n) is 3.98. The second-order valence-electron chi connectivity index (χ2n) is 7.20. The van der Waals surface area contributed by atoms with Crippen molar-refractivity contribution < 1.29 is 9.59 Å². The molecule has 0 aromatic rings. The molecular weight excluding hydrogens is 328 g/mol. The number of hydrogen-bond acceptors (Lipinski definition) is 3. The molecule has 3 fully saturated rings. The van der Waals surface area contributed by atoms with Crippen molar-refractivity contribution in [2.45, 2.75) is 38.5 Å². The molecule has 0 aromatic heterocycles. The minimum Gasteiger partial charge on any atom is -0.356 e. The Kier molecular flexibility index (Phi) is 7.62. The number of carbonyl (C=O) groups excluding carboxylic acids is 2. The van der Waals surface area contributed by atoms with Crippen molar-refractivity contribution in [1.82, 2.24) is 20.4 Å². The molecule has 3 heterocycles. The number of nitrogens with one attached hydrogen (secondary N) is 2. The van der Waals surface area contributed by atoms with Crippen LogP contribution in [0.2, 0.25) is 0 Å². The molecule has 3 amide bonds. The van der Waals surface area contributed by atoms with E-state index in [1.165, 1.54) is 6.42 Å². The smallest absolute Gasteiger partial charge is 0.320 e. The molecule has 0 saturated carbocycles. The predicted octanol–water partition coefficient (Wildman–Crippen LogP) is 1.45. The van der Waals surface area contributed by atoms with Crippen molar-refractivity contribution in [2.75, 3.05) is 45.8 Å². The molecule has 24 heavy (non-hydrogen) atoms. The number of likely N-dealkylation sites (tertiary alicyclic amines) is 2. The Bertz CT molecular complexity index is 423. The van der Waals surface area contributed by atoms with Crippen molar-refractivity contribution in [3.8, 4) is 0 Å². The van der Waals surface area contributed by atoms with Gasteiger partial charge < -0.3 is 20.4 Å². The fraction of sp³-hybridized carbons (Fsp3) is 0.882. The summed E-state index contributed by atoms with van der Waals surface area (Å²) in [6, 6.07) is 0.136. The topological polar surface area (TPSA) is 64.7 Å². The summed E-state index contributed by atoms with van der Waals surface area (Å²) < 4.78 is 0. The van der Waals surface area contributed by atoms with Crippen molar-refractivity contribution in [2.24, 2.45) is 11.8 Å². The lowest BCUT2D eigenvalue weighted by molar-refractivity contribution is -0.126. The fourth-order valence-corrected chi connectivity index (χ4v) is 3.98. The second-order valence-corrected chi connectivity index (χ2v) is 7.20. The quantitative estimate of drug-likeness (QED) is 0.799. The molecule has 7 heteroatoms. The third-order valence-electron chi connectivity index (χ3n) is 5.45. The highest BCUT2D eigenvalue weighted by molar-refractivity contribution is 5.85. The van der Waals surface area contributed by atoms with Crippen LogP contribution in [0.25, 0.3) is 0 Å². The first-order valence-electron chi connectivity index (χ1n) is 9.26. The van der Waals surface area contributed by atoms with Crippen LogP contribution < -0.4 is 10.6 Å². The van der Waals surface area contributed by atoms with Gasteiger partial charge in [-0.2, -0.15) is 0 Å². The number of piperidine rings is 1. The molecular formula is C17H31ClN4O2. The maximum Gasteiger partial charge on any atom is 0.320 e. The molecule has 0 radical (unpaired) electrons. The van der Waals surface area contributed by atoms with Crippen LogP contribution in [-0.4, -0.2) is 67.6 Å². The molecule has 3 rings (SSSR count). The largest absolute Gasteiger partial charge is 0.356 e. The number of urea groups is 1. The highest BCUT2D eigenvalue weighted by Gasteiger charge is 2.31. The zero-order chi connectivity index (χ0) is 16.1. The molecule has 0 bridgehead atoms. The summed E-state index contributed by atoms with van der Waals surface area (Å²) in [7, 11) is 0. The van der Waals surface area contributed by atoms with Gasteiger partial charge in [0, 0.05) is 32.7 Å². The van der Waals surface area contributed by atoms with Crippen LogP contribution in [0.5, 0.6) is 0 Å². The van der Waals surface area contributed by atoms with Gasteiger partial charge in [-0.25, -0.2) is 4.79 Å². The summed E-state index contributed by atoms with van der Waals surface area (Å²) in [6.45, 7) is 6.09. The van der Waals surface area contributed by atoms with E-state index in [4.69, 9.17) is 0 Å². The first-order chi connectivity index (χ1) is 11.2. The third-order valence-corrected chi connectivity index (χ3v) is 5.45. The third kappa shape index (κ3) is 4.99. The van der Waals surface area contributed by atoms with E-state index in [1.807, 2.05) is 9.80 Å². The number of nitrogens with zero attached hydrogens (tertiary/aromatic N) is 2. The van der Waals surface area contributed by atoms with Crippen LogP contribution in [0, 0.1) is 11.8 Å². The van der Waals surface area contributed by atoms with E-state index >= 15 is 0 Å². The van der Waals surface area contributed by atoms with Gasteiger partial charge in [0.15, 0.2) is 0 Å². The molecule has 2 N–H and O–H groups in total. The Balaban J connectivity index is 0.00000208. The van der Waals surface area contributed by atoms with E-state index in [1.54, 1.807) is 0 Å². The van der Waals surface area contributed by atoms with Crippen molar-refractivity contribution in [3.63, 3.8) is 0 Å². The van der Waals surface area contributed by atoms with Crippen LogP contribution in [0.4, 0.5) is 4.79 Å². The summed E-state index contributed by atoms with van der Waals surface area (Å²) in [6.07, 6.45) is 6.34. The number of hydrogen-bond donors (Lipinski definition) is 2. The molecule has 2 atom stereocenters. The Hall–Kier alpha value is -1.01. The van der Waals surface area contributed by atoms with E-state index < -0.39 is 0 Å². The minimum atomic E-state index is -0.0305. The van der Waals surface area contributed by atoms with E-state index in [2.05, 4.69) is 10.6 Å². The number of halogens is 1. The van der Waals surface area contributed by atoms with E-state index in [0.717, 1.165) is 71.4 Å². The van der Waals surface area contributed by atoms with E-state index in [-0.39, 0.29) is 30.3 Å². The molecule has 0 aromatic carbocycles. The summed E-state index contributed by atoms with van der Waals surface area (Å²) in [5, 5.41) is 6.45. The van der Waals surface area contributed by atoms with Gasteiger partial charge in [-0.3, -0.25) is 4.79 Å². The lowest BCUT2D eigenvalue weighted by Crippen LogP contribution is -2.49. The highest BCUT2D eigenvalue weighted by Crippen LogP contribution is 2.20. The summed E-state index contributed by atoms with van der Waals surface area (Å²) >= 11 is 0. The van der Waals surface area contributed by atoms with Crippen molar-refractivity contribution >= 4 is 24.3 Å². The van der Waals surface area contributed by atoms with Crippen molar-refractivity contribution in [3.05, 3.63) is 0 Å². The SMILES string of the molecule is Cl.O=C(NCCC1CCNC1)C1CCCN(C(=O)N2CCCC2)C1. The van der Waals surface area contributed by atoms with Gasteiger partial charge in [-0.15, -0.1) is 12.4 Å². The molecule has 3 aliphatic rings. The number of amides is 3. The predicted molar refractivity (Wildman–Crippen MR) is 96.4 cm³/mol. The van der Waals surface area contributed by atoms with Gasteiger partial charge in [0.1, 0.15) is 0 Å². The van der Waals surface area contributed by atoms with Crippen molar-refractivity contribution in [1.29, 1.82) is 0 Å².